The quantitative estimate of drug-likeness (QED) is 0.678. The third-order valence-corrected chi connectivity index (χ3v) is 7.63. The van der Waals surface area contributed by atoms with Crippen molar-refractivity contribution in [1.29, 1.82) is 0 Å². The Morgan fingerprint density at radius 2 is 2.09 bits per heavy atom. The lowest BCUT2D eigenvalue weighted by Gasteiger charge is -2.33. The first-order valence-corrected chi connectivity index (χ1v) is 13.3. The van der Waals surface area contributed by atoms with Gasteiger partial charge in [0.2, 0.25) is 17.7 Å². The average Bonchev–Trinajstić information content (AvgIpc) is 3.38. The second kappa shape index (κ2) is 12.2. The van der Waals surface area contributed by atoms with Gasteiger partial charge in [0.25, 0.3) is 0 Å². The second-order valence-electron chi connectivity index (χ2n) is 9.38. The van der Waals surface area contributed by atoms with Crippen LogP contribution in [0.5, 0.6) is 5.75 Å². The van der Waals surface area contributed by atoms with Gasteiger partial charge in [-0.25, -0.2) is 4.98 Å². The summed E-state index contributed by atoms with van der Waals surface area (Å²) in [7, 11) is 0. The lowest BCUT2D eigenvalue weighted by Crippen LogP contribution is -2.47. The van der Waals surface area contributed by atoms with Crippen LogP contribution in [0.4, 0.5) is 0 Å². The van der Waals surface area contributed by atoms with E-state index in [4.69, 9.17) is 4.74 Å². The summed E-state index contributed by atoms with van der Waals surface area (Å²) in [5, 5.41) is 8.65. The minimum atomic E-state index is -0.695. The first kappa shape index (κ1) is 25.2. The highest BCUT2D eigenvalue weighted by molar-refractivity contribution is 7.09. The van der Waals surface area contributed by atoms with Crippen LogP contribution in [0.1, 0.15) is 54.7 Å². The van der Waals surface area contributed by atoms with Gasteiger partial charge in [-0.15, -0.1) is 11.3 Å². The van der Waals surface area contributed by atoms with Crippen molar-refractivity contribution in [3.05, 3.63) is 45.9 Å². The van der Waals surface area contributed by atoms with E-state index >= 15 is 0 Å². The predicted octanol–water partition coefficient (Wildman–Crippen LogP) is 2.99. The Labute approximate surface area is 210 Å². The number of aromatic nitrogens is 1. The van der Waals surface area contributed by atoms with Gasteiger partial charge in [0, 0.05) is 50.5 Å². The molecule has 1 aromatic heterocycles. The maximum Gasteiger partial charge on any atom is 0.242 e. The molecule has 4 rings (SSSR count). The smallest absolute Gasteiger partial charge is 0.242 e. The van der Waals surface area contributed by atoms with Crippen molar-refractivity contribution >= 4 is 29.1 Å². The van der Waals surface area contributed by atoms with E-state index in [1.165, 1.54) is 11.3 Å². The Morgan fingerprint density at radius 1 is 1.20 bits per heavy atom. The zero-order valence-corrected chi connectivity index (χ0v) is 21.1. The molecule has 2 atom stereocenters. The number of carbonyl (C=O) groups excluding carboxylic acids is 3. The van der Waals surface area contributed by atoms with Gasteiger partial charge in [-0.3, -0.25) is 14.4 Å². The van der Waals surface area contributed by atoms with Gasteiger partial charge in [0.05, 0.1) is 11.6 Å². The number of thiazole rings is 1. The third kappa shape index (κ3) is 7.27. The highest BCUT2D eigenvalue weighted by Gasteiger charge is 2.26. The number of nitrogens with one attached hydrogen (secondary N) is 2. The molecule has 2 aliphatic heterocycles. The highest BCUT2D eigenvalue weighted by atomic mass is 32.1. The van der Waals surface area contributed by atoms with E-state index in [9.17, 15) is 14.4 Å². The van der Waals surface area contributed by atoms with Crippen molar-refractivity contribution < 1.29 is 19.1 Å². The Kier molecular flexibility index (Phi) is 8.74. The Hall–Kier alpha value is -2.94. The number of hydrogen-bond donors (Lipinski definition) is 2. The number of carbonyl (C=O) groups is 3. The number of ether oxygens (including phenoxy) is 1. The van der Waals surface area contributed by atoms with E-state index in [1.807, 2.05) is 35.4 Å². The van der Waals surface area contributed by atoms with E-state index < -0.39 is 6.04 Å². The fraction of sp³-hybridized carbons (Fsp3) is 0.538. The number of hydrogen-bond acceptors (Lipinski definition) is 6. The molecule has 4 bridgehead atoms. The molecule has 2 aromatic rings. The molecule has 35 heavy (non-hydrogen) atoms. The predicted molar refractivity (Wildman–Crippen MR) is 134 cm³/mol. The fourth-order valence-corrected chi connectivity index (χ4v) is 5.30. The van der Waals surface area contributed by atoms with E-state index in [0.717, 1.165) is 47.7 Å². The van der Waals surface area contributed by atoms with Gasteiger partial charge >= 0.3 is 0 Å². The topological polar surface area (TPSA) is 101 Å². The third-order valence-electron chi connectivity index (χ3n) is 6.79. The SMILES string of the molecule is Cc1ccc2cc1CNC(=O)C(CCc1nccs1)NC(=O)CCC(=O)N1CCCC(CCO2)C1. The summed E-state index contributed by atoms with van der Waals surface area (Å²) < 4.78 is 6.03. The Morgan fingerprint density at radius 3 is 2.91 bits per heavy atom. The molecule has 1 aromatic carbocycles. The molecule has 2 N–H and O–H groups in total. The molecule has 2 aliphatic rings. The number of benzene rings is 1. The van der Waals surface area contributed by atoms with E-state index in [2.05, 4.69) is 15.6 Å². The largest absolute Gasteiger partial charge is 0.494 e. The van der Waals surface area contributed by atoms with Crippen molar-refractivity contribution in [3.8, 4) is 5.75 Å². The summed E-state index contributed by atoms with van der Waals surface area (Å²) >= 11 is 1.53. The molecular formula is C26H34N4O4S. The summed E-state index contributed by atoms with van der Waals surface area (Å²) in [6, 6.07) is 5.22. The van der Waals surface area contributed by atoms with Crippen LogP contribution in [0, 0.1) is 12.8 Å². The lowest BCUT2D eigenvalue weighted by molar-refractivity contribution is -0.135. The van der Waals surface area contributed by atoms with Gasteiger partial charge in [-0.05, 0) is 61.8 Å². The minimum absolute atomic E-state index is 0.00107. The first-order chi connectivity index (χ1) is 17.0. The Balaban J connectivity index is 1.50. The number of aryl methyl sites for hydroxylation is 2. The zero-order valence-electron chi connectivity index (χ0n) is 20.3. The van der Waals surface area contributed by atoms with Gasteiger partial charge < -0.3 is 20.3 Å². The molecule has 0 radical (unpaired) electrons. The fourth-order valence-electron chi connectivity index (χ4n) is 4.66. The molecule has 0 spiro atoms. The van der Waals surface area contributed by atoms with E-state index in [0.29, 0.717) is 38.5 Å². The molecule has 8 nitrogen and oxygen atoms in total. The van der Waals surface area contributed by atoms with E-state index in [-0.39, 0.29) is 30.6 Å². The van der Waals surface area contributed by atoms with Crippen LogP contribution < -0.4 is 15.4 Å². The van der Waals surface area contributed by atoms with Crippen LogP contribution in [-0.4, -0.2) is 53.3 Å². The van der Waals surface area contributed by atoms with Gasteiger partial charge in [0.1, 0.15) is 11.8 Å². The van der Waals surface area contributed by atoms with E-state index in [1.54, 1.807) is 6.20 Å². The molecule has 9 heteroatoms. The maximum atomic E-state index is 13.1. The number of piperidine rings is 1. The lowest BCUT2D eigenvalue weighted by atomic mass is 9.95. The molecule has 0 aliphatic carbocycles. The number of nitrogens with zero attached hydrogens (tertiary/aromatic N) is 2. The number of rotatable bonds is 3. The van der Waals surface area contributed by atoms with Crippen LogP contribution in [0.2, 0.25) is 0 Å². The highest BCUT2D eigenvalue weighted by Crippen LogP contribution is 2.23. The normalized spacial score (nSPS) is 22.4. The van der Waals surface area contributed by atoms with Crippen LogP contribution >= 0.6 is 11.3 Å². The number of fused-ring (bicyclic) bond motifs is 4. The second-order valence-corrected chi connectivity index (χ2v) is 10.4. The van der Waals surface area contributed by atoms with Gasteiger partial charge in [-0.1, -0.05) is 6.07 Å². The molecule has 188 valence electrons. The summed E-state index contributed by atoms with van der Waals surface area (Å²) in [5.74, 6) is 0.655. The summed E-state index contributed by atoms with van der Waals surface area (Å²) in [6.07, 6.45) is 5.92. The van der Waals surface area contributed by atoms with Crippen LogP contribution in [-0.2, 0) is 27.3 Å². The summed E-state index contributed by atoms with van der Waals surface area (Å²) in [6.45, 7) is 4.39. The van der Waals surface area contributed by atoms with Gasteiger partial charge in [-0.2, -0.15) is 0 Å². The van der Waals surface area contributed by atoms with Crippen LogP contribution in [0.25, 0.3) is 0 Å². The average molecular weight is 499 g/mol. The summed E-state index contributed by atoms with van der Waals surface area (Å²) in [5.41, 5.74) is 2.05. The maximum absolute atomic E-state index is 13.1. The molecule has 0 saturated carbocycles. The first-order valence-electron chi connectivity index (χ1n) is 12.4. The van der Waals surface area contributed by atoms with Crippen molar-refractivity contribution in [3.63, 3.8) is 0 Å². The molecule has 3 amide bonds. The van der Waals surface area contributed by atoms with Crippen molar-refractivity contribution in [2.24, 2.45) is 5.92 Å². The molecule has 1 saturated heterocycles. The summed E-state index contributed by atoms with van der Waals surface area (Å²) in [4.78, 5) is 44.7. The van der Waals surface area contributed by atoms with Crippen molar-refractivity contribution in [1.82, 2.24) is 20.5 Å². The zero-order chi connectivity index (χ0) is 24.6. The van der Waals surface area contributed by atoms with Crippen LogP contribution in [0.15, 0.2) is 29.8 Å². The van der Waals surface area contributed by atoms with Gasteiger partial charge in [0.15, 0.2) is 0 Å². The van der Waals surface area contributed by atoms with Crippen molar-refractivity contribution in [2.45, 2.75) is 64.5 Å². The molecule has 3 heterocycles. The Bertz CT molecular complexity index is 1030. The minimum Gasteiger partial charge on any atom is -0.494 e. The van der Waals surface area contributed by atoms with Crippen LogP contribution in [0.3, 0.4) is 0 Å². The molecule has 1 fully saturated rings. The standard InChI is InChI=1S/C26H34N4O4S/c1-18-4-5-21-15-20(18)16-28-26(33)22(6-8-24-27-11-14-35-24)29-23(31)7-9-25(32)30-12-2-3-19(17-30)10-13-34-21/h4-5,11,14-15,19,22H,2-3,6-10,12-13,16-17H2,1H3,(H,28,33)(H,29,31). The molecular weight excluding hydrogens is 464 g/mol. The number of amides is 3. The monoisotopic (exact) mass is 498 g/mol. The molecule has 2 unspecified atom stereocenters. The van der Waals surface area contributed by atoms with Crippen molar-refractivity contribution in [2.75, 3.05) is 19.7 Å².